The molecule has 0 aliphatic rings. The highest BCUT2D eigenvalue weighted by molar-refractivity contribution is 14.1. The first kappa shape index (κ1) is 20.5. The van der Waals surface area contributed by atoms with Gasteiger partial charge in [0.1, 0.15) is 23.9 Å². The number of benzene rings is 4. The van der Waals surface area contributed by atoms with Gasteiger partial charge in [0.15, 0.2) is 0 Å². The van der Waals surface area contributed by atoms with Gasteiger partial charge >= 0.3 is 0 Å². The molecule has 0 saturated heterocycles. The highest BCUT2D eigenvalue weighted by atomic mass is 127. The molecule has 0 aliphatic heterocycles. The van der Waals surface area contributed by atoms with E-state index in [-0.39, 0.29) is 0 Å². The Hall–Kier alpha value is -2.79. The molecule has 0 N–H and O–H groups in total. The molecule has 0 heterocycles. The summed E-state index contributed by atoms with van der Waals surface area (Å²) in [5.41, 5.74) is 4.76. The highest BCUT2D eigenvalue weighted by Crippen LogP contribution is 2.28. The minimum absolute atomic E-state index is 0.562. The van der Waals surface area contributed by atoms with Crippen LogP contribution in [0.15, 0.2) is 97.1 Å². The van der Waals surface area contributed by atoms with E-state index in [1.54, 1.807) is 0 Å². The average molecular weight is 506 g/mol. The van der Waals surface area contributed by atoms with E-state index in [0.29, 0.717) is 6.61 Å². The fourth-order valence-corrected chi connectivity index (χ4v) is 3.84. The number of ether oxygens (including phenoxy) is 2. The lowest BCUT2D eigenvalue weighted by atomic mass is 10.0. The van der Waals surface area contributed by atoms with E-state index in [9.17, 15) is 0 Å². The molecule has 4 rings (SSSR count). The zero-order valence-corrected chi connectivity index (χ0v) is 19.0. The smallest absolute Gasteiger partial charge is 0.128 e. The third-order valence-electron chi connectivity index (χ3n) is 4.78. The van der Waals surface area contributed by atoms with Gasteiger partial charge in [-0.1, -0.05) is 66.2 Å². The Bertz CT molecular complexity index is 1120. The normalized spacial score (nSPS) is 10.6. The lowest BCUT2D eigenvalue weighted by molar-refractivity contribution is 0.303. The SMILES string of the molecule is Cc1ccc(OCc2ccccc2)c(Cc2cccc(Oc3cccc(I)c3)c2)c1. The number of rotatable bonds is 7. The monoisotopic (exact) mass is 506 g/mol. The van der Waals surface area contributed by atoms with Crippen molar-refractivity contribution < 1.29 is 9.47 Å². The Morgan fingerprint density at radius 1 is 0.700 bits per heavy atom. The number of aryl methyl sites for hydroxylation is 1. The summed E-state index contributed by atoms with van der Waals surface area (Å²) in [6, 6.07) is 33.0. The summed E-state index contributed by atoms with van der Waals surface area (Å²) < 4.78 is 13.4. The van der Waals surface area contributed by atoms with Gasteiger partial charge in [-0.05, 0) is 82.6 Å². The maximum absolute atomic E-state index is 6.16. The molecule has 0 fully saturated rings. The molecule has 4 aromatic rings. The molecule has 2 nitrogen and oxygen atoms in total. The van der Waals surface area contributed by atoms with Crippen molar-refractivity contribution in [2.24, 2.45) is 0 Å². The van der Waals surface area contributed by atoms with Crippen LogP contribution in [-0.2, 0) is 13.0 Å². The van der Waals surface area contributed by atoms with Crippen molar-refractivity contribution in [2.45, 2.75) is 20.0 Å². The number of hydrogen-bond donors (Lipinski definition) is 0. The van der Waals surface area contributed by atoms with Crippen molar-refractivity contribution in [3.63, 3.8) is 0 Å². The molecule has 3 heteroatoms. The average Bonchev–Trinajstić information content (AvgIpc) is 2.74. The van der Waals surface area contributed by atoms with Crippen molar-refractivity contribution in [3.8, 4) is 17.2 Å². The van der Waals surface area contributed by atoms with Gasteiger partial charge in [-0.15, -0.1) is 0 Å². The van der Waals surface area contributed by atoms with Gasteiger partial charge in [-0.2, -0.15) is 0 Å². The van der Waals surface area contributed by atoms with Crippen LogP contribution < -0.4 is 9.47 Å². The van der Waals surface area contributed by atoms with E-state index in [2.05, 4.69) is 78.0 Å². The minimum Gasteiger partial charge on any atom is -0.489 e. The van der Waals surface area contributed by atoms with Gasteiger partial charge in [0.05, 0.1) is 0 Å². The minimum atomic E-state index is 0.562. The Kier molecular flexibility index (Phi) is 6.70. The standard InChI is InChI=1S/C27H23IO2/c1-20-13-14-27(29-19-21-7-3-2-4-8-21)23(15-20)16-22-9-5-11-25(17-22)30-26-12-6-10-24(28)18-26/h2-15,17-18H,16,19H2,1H3. The molecule has 0 amide bonds. The van der Waals surface area contributed by atoms with Crippen molar-refractivity contribution in [3.05, 3.63) is 123 Å². The fourth-order valence-electron chi connectivity index (χ4n) is 3.33. The van der Waals surface area contributed by atoms with Crippen LogP contribution in [0.2, 0.25) is 0 Å². The van der Waals surface area contributed by atoms with E-state index >= 15 is 0 Å². The lowest BCUT2D eigenvalue weighted by Gasteiger charge is -2.14. The summed E-state index contributed by atoms with van der Waals surface area (Å²) in [6.07, 6.45) is 0.787. The molecule has 0 aromatic heterocycles. The van der Waals surface area contributed by atoms with Crippen LogP contribution in [0.5, 0.6) is 17.2 Å². The molecule has 0 radical (unpaired) electrons. The van der Waals surface area contributed by atoms with Gasteiger partial charge in [-0.25, -0.2) is 0 Å². The first-order valence-electron chi connectivity index (χ1n) is 9.94. The van der Waals surface area contributed by atoms with Gasteiger partial charge in [0.25, 0.3) is 0 Å². The zero-order chi connectivity index (χ0) is 20.8. The fraction of sp³-hybridized carbons (Fsp3) is 0.111. The quantitative estimate of drug-likeness (QED) is 0.241. The maximum Gasteiger partial charge on any atom is 0.128 e. The molecule has 4 aromatic carbocycles. The van der Waals surface area contributed by atoms with Crippen molar-refractivity contribution in [1.29, 1.82) is 0 Å². The van der Waals surface area contributed by atoms with Crippen LogP contribution in [0.3, 0.4) is 0 Å². The molecule has 0 unspecified atom stereocenters. The van der Waals surface area contributed by atoms with E-state index < -0.39 is 0 Å². The topological polar surface area (TPSA) is 18.5 Å². The zero-order valence-electron chi connectivity index (χ0n) is 16.8. The van der Waals surface area contributed by atoms with E-state index in [0.717, 1.165) is 32.8 Å². The summed E-state index contributed by atoms with van der Waals surface area (Å²) in [5.74, 6) is 2.61. The van der Waals surface area contributed by atoms with Gasteiger partial charge in [0, 0.05) is 9.99 Å². The first-order chi connectivity index (χ1) is 14.7. The lowest BCUT2D eigenvalue weighted by Crippen LogP contribution is -2.00. The molecule has 0 spiro atoms. The highest BCUT2D eigenvalue weighted by Gasteiger charge is 2.08. The van der Waals surface area contributed by atoms with Crippen LogP contribution >= 0.6 is 22.6 Å². The Morgan fingerprint density at radius 2 is 1.43 bits per heavy atom. The largest absolute Gasteiger partial charge is 0.489 e. The summed E-state index contributed by atoms with van der Waals surface area (Å²) in [5, 5.41) is 0. The Balaban J connectivity index is 1.51. The molecular weight excluding hydrogens is 483 g/mol. The Labute approximate surface area is 191 Å². The van der Waals surface area contributed by atoms with Crippen LogP contribution in [0.1, 0.15) is 22.3 Å². The van der Waals surface area contributed by atoms with Crippen molar-refractivity contribution in [2.75, 3.05) is 0 Å². The Morgan fingerprint density at radius 3 is 2.23 bits per heavy atom. The number of halogens is 1. The first-order valence-corrected chi connectivity index (χ1v) is 11.0. The molecule has 30 heavy (non-hydrogen) atoms. The number of hydrogen-bond acceptors (Lipinski definition) is 2. The van der Waals surface area contributed by atoms with E-state index in [1.807, 2.05) is 48.5 Å². The predicted molar refractivity (Wildman–Crippen MR) is 130 cm³/mol. The molecule has 150 valence electrons. The second-order valence-electron chi connectivity index (χ2n) is 7.27. The van der Waals surface area contributed by atoms with Crippen LogP contribution in [-0.4, -0.2) is 0 Å². The van der Waals surface area contributed by atoms with E-state index in [1.165, 1.54) is 16.7 Å². The molecule has 0 atom stereocenters. The van der Waals surface area contributed by atoms with Crippen LogP contribution in [0.25, 0.3) is 0 Å². The molecular formula is C27H23IO2. The van der Waals surface area contributed by atoms with Gasteiger partial charge < -0.3 is 9.47 Å². The maximum atomic E-state index is 6.16. The van der Waals surface area contributed by atoms with Gasteiger partial charge in [-0.3, -0.25) is 0 Å². The van der Waals surface area contributed by atoms with Crippen molar-refractivity contribution in [1.82, 2.24) is 0 Å². The summed E-state index contributed by atoms with van der Waals surface area (Å²) in [4.78, 5) is 0. The third-order valence-corrected chi connectivity index (χ3v) is 5.45. The van der Waals surface area contributed by atoms with E-state index in [4.69, 9.17) is 9.47 Å². The summed E-state index contributed by atoms with van der Waals surface area (Å²) in [7, 11) is 0. The van der Waals surface area contributed by atoms with Crippen molar-refractivity contribution >= 4 is 22.6 Å². The van der Waals surface area contributed by atoms with Crippen LogP contribution in [0, 0.1) is 10.5 Å². The van der Waals surface area contributed by atoms with Crippen LogP contribution in [0.4, 0.5) is 0 Å². The summed E-state index contributed by atoms with van der Waals surface area (Å²) in [6.45, 7) is 2.67. The van der Waals surface area contributed by atoms with Gasteiger partial charge in [0.2, 0.25) is 0 Å². The second-order valence-corrected chi connectivity index (χ2v) is 8.51. The summed E-state index contributed by atoms with van der Waals surface area (Å²) >= 11 is 2.29. The predicted octanol–water partition coefficient (Wildman–Crippen LogP) is 7.56. The third kappa shape index (κ3) is 5.63. The molecule has 0 bridgehead atoms. The molecule has 0 saturated carbocycles. The molecule has 0 aliphatic carbocycles. The second kappa shape index (κ2) is 9.81.